The van der Waals surface area contributed by atoms with Gasteiger partial charge in [0.25, 0.3) is 0 Å². The van der Waals surface area contributed by atoms with E-state index >= 15 is 0 Å². The van der Waals surface area contributed by atoms with E-state index in [1.165, 1.54) is 32.6 Å². The second kappa shape index (κ2) is 5.88. The van der Waals surface area contributed by atoms with Crippen molar-refractivity contribution in [1.29, 1.82) is 0 Å². The molecule has 3 atom stereocenters. The summed E-state index contributed by atoms with van der Waals surface area (Å²) in [5.74, 6) is 2.26. The molecule has 2 fully saturated rings. The van der Waals surface area contributed by atoms with Gasteiger partial charge in [-0.25, -0.2) is 0 Å². The molecule has 1 aromatic carbocycles. The van der Waals surface area contributed by atoms with Crippen LogP contribution in [0.2, 0.25) is 0 Å². The molecule has 112 valence electrons. The zero-order chi connectivity index (χ0) is 14.8. The average molecular weight is 286 g/mol. The highest BCUT2D eigenvalue weighted by Gasteiger charge is 2.40. The van der Waals surface area contributed by atoms with Gasteiger partial charge in [-0.1, -0.05) is 6.42 Å². The molecule has 0 aliphatic heterocycles. The third-order valence-corrected chi connectivity index (χ3v) is 4.82. The normalized spacial score (nSPS) is 26.6. The van der Waals surface area contributed by atoms with Gasteiger partial charge in [0, 0.05) is 24.7 Å². The maximum Gasteiger partial charge on any atom is 0.224 e. The Balaban J connectivity index is 1.51. The van der Waals surface area contributed by atoms with Crippen LogP contribution >= 0.6 is 0 Å². The van der Waals surface area contributed by atoms with Gasteiger partial charge in [0.2, 0.25) is 11.8 Å². The summed E-state index contributed by atoms with van der Waals surface area (Å²) in [5, 5.41) is 5.67. The lowest BCUT2D eigenvalue weighted by Crippen LogP contribution is -2.20. The number of rotatable bonds is 4. The quantitative estimate of drug-likeness (QED) is 0.891. The first-order valence-corrected chi connectivity index (χ1v) is 7.77. The minimum atomic E-state index is -0.0944. The van der Waals surface area contributed by atoms with Crippen LogP contribution in [0.4, 0.5) is 11.4 Å². The van der Waals surface area contributed by atoms with Gasteiger partial charge < -0.3 is 10.6 Å². The average Bonchev–Trinajstić information content (AvgIpc) is 3.02. The topological polar surface area (TPSA) is 58.2 Å². The molecular formula is C17H22N2O2. The van der Waals surface area contributed by atoms with Gasteiger partial charge in [-0.2, -0.15) is 0 Å². The number of carbonyl (C=O) groups excluding carboxylic acids is 2. The van der Waals surface area contributed by atoms with E-state index in [0.717, 1.165) is 23.2 Å². The van der Waals surface area contributed by atoms with Crippen molar-refractivity contribution >= 4 is 23.2 Å². The van der Waals surface area contributed by atoms with E-state index in [9.17, 15) is 9.59 Å². The Kier molecular flexibility index (Phi) is 3.95. The summed E-state index contributed by atoms with van der Waals surface area (Å²) in [6.45, 7) is 1.48. The van der Waals surface area contributed by atoms with Crippen molar-refractivity contribution in [3.63, 3.8) is 0 Å². The summed E-state index contributed by atoms with van der Waals surface area (Å²) in [5.41, 5.74) is 1.53. The molecule has 0 radical (unpaired) electrons. The lowest BCUT2D eigenvalue weighted by molar-refractivity contribution is -0.117. The third-order valence-electron chi connectivity index (χ3n) is 4.82. The van der Waals surface area contributed by atoms with Crippen LogP contribution in [0.1, 0.15) is 39.0 Å². The second-order valence-corrected chi connectivity index (χ2v) is 6.45. The van der Waals surface area contributed by atoms with Crippen molar-refractivity contribution in [3.8, 4) is 0 Å². The molecule has 2 N–H and O–H groups in total. The maximum atomic E-state index is 12.1. The smallest absolute Gasteiger partial charge is 0.224 e. The van der Waals surface area contributed by atoms with Crippen LogP contribution in [0.25, 0.3) is 0 Å². The van der Waals surface area contributed by atoms with Crippen molar-refractivity contribution in [2.45, 2.75) is 39.0 Å². The van der Waals surface area contributed by atoms with Gasteiger partial charge in [0.1, 0.15) is 0 Å². The summed E-state index contributed by atoms with van der Waals surface area (Å²) in [6, 6.07) is 7.25. The molecule has 4 nitrogen and oxygen atoms in total. The number of fused-ring (bicyclic) bond motifs is 2. The van der Waals surface area contributed by atoms with Gasteiger partial charge >= 0.3 is 0 Å². The monoisotopic (exact) mass is 286 g/mol. The summed E-state index contributed by atoms with van der Waals surface area (Å²) < 4.78 is 0. The number of nitrogens with one attached hydrogen (secondary N) is 2. The molecule has 0 spiro atoms. The molecule has 3 rings (SSSR count). The van der Waals surface area contributed by atoms with Gasteiger partial charge in [0.15, 0.2) is 0 Å². The number of benzene rings is 1. The molecule has 2 saturated carbocycles. The van der Waals surface area contributed by atoms with E-state index in [-0.39, 0.29) is 11.8 Å². The Morgan fingerprint density at radius 2 is 1.71 bits per heavy atom. The summed E-state index contributed by atoms with van der Waals surface area (Å²) in [6.07, 6.45) is 5.90. The zero-order valence-corrected chi connectivity index (χ0v) is 12.4. The lowest BCUT2D eigenvalue weighted by Gasteiger charge is -2.20. The van der Waals surface area contributed by atoms with Crippen molar-refractivity contribution < 1.29 is 9.59 Å². The van der Waals surface area contributed by atoms with Crippen molar-refractivity contribution in [1.82, 2.24) is 0 Å². The van der Waals surface area contributed by atoms with Crippen LogP contribution in [0.3, 0.4) is 0 Å². The molecule has 2 amide bonds. The van der Waals surface area contributed by atoms with Crippen LogP contribution in [0.5, 0.6) is 0 Å². The predicted octanol–water partition coefficient (Wildman–Crippen LogP) is 3.41. The van der Waals surface area contributed by atoms with E-state index < -0.39 is 0 Å². The van der Waals surface area contributed by atoms with Gasteiger partial charge in [-0.15, -0.1) is 0 Å². The summed E-state index contributed by atoms with van der Waals surface area (Å²) in [4.78, 5) is 23.1. The second-order valence-electron chi connectivity index (χ2n) is 6.45. The van der Waals surface area contributed by atoms with Crippen LogP contribution in [0.15, 0.2) is 24.3 Å². The lowest BCUT2D eigenvalue weighted by atomic mass is 9.86. The molecule has 2 bridgehead atoms. The van der Waals surface area contributed by atoms with E-state index in [1.54, 1.807) is 12.1 Å². The number of carbonyl (C=O) groups is 2. The van der Waals surface area contributed by atoms with Gasteiger partial charge in [-0.05, 0) is 61.3 Å². The Bertz CT molecular complexity index is 538. The Morgan fingerprint density at radius 3 is 2.24 bits per heavy atom. The number of hydrogen-bond donors (Lipinski definition) is 2. The fourth-order valence-corrected chi connectivity index (χ4v) is 3.92. The van der Waals surface area contributed by atoms with Gasteiger partial charge in [-0.3, -0.25) is 9.59 Å². The summed E-state index contributed by atoms with van der Waals surface area (Å²) >= 11 is 0. The van der Waals surface area contributed by atoms with E-state index in [4.69, 9.17) is 0 Å². The first-order chi connectivity index (χ1) is 10.1. The molecule has 0 aromatic heterocycles. The molecule has 1 aromatic rings. The highest BCUT2D eigenvalue weighted by molar-refractivity contribution is 5.92. The molecule has 2 aliphatic rings. The first kappa shape index (κ1) is 14.1. The SMILES string of the molecule is CC(=O)Nc1ccc(NC(=O)C[C@@H]2C[C@@H]3CC[C@@H]2C3)cc1. The number of hydrogen-bond acceptors (Lipinski definition) is 2. The van der Waals surface area contributed by atoms with E-state index in [1.807, 2.05) is 12.1 Å². The molecule has 0 unspecified atom stereocenters. The Morgan fingerprint density at radius 1 is 1.05 bits per heavy atom. The first-order valence-electron chi connectivity index (χ1n) is 7.77. The number of amides is 2. The van der Waals surface area contributed by atoms with Crippen LogP contribution in [-0.4, -0.2) is 11.8 Å². The van der Waals surface area contributed by atoms with Crippen LogP contribution in [-0.2, 0) is 9.59 Å². The maximum absolute atomic E-state index is 12.1. The molecule has 0 saturated heterocycles. The highest BCUT2D eigenvalue weighted by Crippen LogP contribution is 2.49. The molecular weight excluding hydrogens is 264 g/mol. The van der Waals surface area contributed by atoms with E-state index in [0.29, 0.717) is 12.3 Å². The fraction of sp³-hybridized carbons (Fsp3) is 0.529. The Hall–Kier alpha value is -1.84. The minimum absolute atomic E-state index is 0.0944. The van der Waals surface area contributed by atoms with E-state index in [2.05, 4.69) is 10.6 Å². The molecule has 2 aliphatic carbocycles. The summed E-state index contributed by atoms with van der Waals surface area (Å²) in [7, 11) is 0. The third kappa shape index (κ3) is 3.43. The number of anilines is 2. The van der Waals surface area contributed by atoms with Crippen LogP contribution < -0.4 is 10.6 Å². The molecule has 4 heteroatoms. The van der Waals surface area contributed by atoms with Gasteiger partial charge in [0.05, 0.1) is 0 Å². The standard InChI is InChI=1S/C17H22N2O2/c1-11(20)18-15-4-6-16(7-5-15)19-17(21)10-14-9-12-2-3-13(14)8-12/h4-7,12-14H,2-3,8-10H2,1H3,(H,18,20)(H,19,21)/t12-,13-,14+/m1/s1. The zero-order valence-electron chi connectivity index (χ0n) is 12.4. The van der Waals surface area contributed by atoms with Crippen molar-refractivity contribution in [3.05, 3.63) is 24.3 Å². The van der Waals surface area contributed by atoms with Crippen LogP contribution in [0, 0.1) is 17.8 Å². The van der Waals surface area contributed by atoms with Crippen molar-refractivity contribution in [2.75, 3.05) is 10.6 Å². The highest BCUT2D eigenvalue weighted by atomic mass is 16.2. The molecule has 21 heavy (non-hydrogen) atoms. The fourth-order valence-electron chi connectivity index (χ4n) is 3.92. The molecule has 0 heterocycles. The van der Waals surface area contributed by atoms with Crippen molar-refractivity contribution in [2.24, 2.45) is 17.8 Å². The predicted molar refractivity (Wildman–Crippen MR) is 82.9 cm³/mol. The minimum Gasteiger partial charge on any atom is -0.326 e. The largest absolute Gasteiger partial charge is 0.326 e. The Labute approximate surface area is 125 Å².